The van der Waals surface area contributed by atoms with E-state index in [-0.39, 0.29) is 25.1 Å². The second-order valence-electron chi connectivity index (χ2n) is 4.79. The first-order valence-corrected chi connectivity index (χ1v) is 7.44. The molecule has 0 radical (unpaired) electrons. The van der Waals surface area contributed by atoms with Crippen LogP contribution in [0.3, 0.4) is 0 Å². The largest absolute Gasteiger partial charge is 0.338 e. The number of halogens is 3. The molecule has 20 heavy (non-hydrogen) atoms. The molecule has 2 rings (SSSR count). The van der Waals surface area contributed by atoms with Gasteiger partial charge in [-0.2, -0.15) is 8.42 Å². The first kappa shape index (κ1) is 14.8. The average Bonchev–Trinajstić information content (AvgIpc) is 2.62. The van der Waals surface area contributed by atoms with Crippen LogP contribution in [0.1, 0.15) is 12.0 Å². The fraction of sp³-hybridized carbons (Fsp3) is 0.417. The Morgan fingerprint density at radius 3 is 2.65 bits per heavy atom. The zero-order chi connectivity index (χ0) is 14.9. The summed E-state index contributed by atoms with van der Waals surface area (Å²) >= 11 is 0. The topological polar surface area (TPSA) is 54.5 Å². The Bertz CT molecular complexity index is 633. The summed E-state index contributed by atoms with van der Waals surface area (Å²) in [4.78, 5) is 12.9. The Morgan fingerprint density at radius 1 is 1.30 bits per heavy atom. The first-order chi connectivity index (χ1) is 9.24. The van der Waals surface area contributed by atoms with Crippen LogP contribution in [0.5, 0.6) is 0 Å². The lowest BCUT2D eigenvalue weighted by Gasteiger charge is -2.16. The maximum atomic E-state index is 13.5. The zero-order valence-corrected chi connectivity index (χ0v) is 11.2. The van der Waals surface area contributed by atoms with Gasteiger partial charge in [0.25, 0.3) is 0 Å². The van der Waals surface area contributed by atoms with E-state index in [0.717, 1.165) is 18.2 Å². The molecule has 1 aromatic carbocycles. The van der Waals surface area contributed by atoms with Gasteiger partial charge < -0.3 is 4.90 Å². The Labute approximate surface area is 114 Å². The molecule has 4 nitrogen and oxygen atoms in total. The molecule has 0 aliphatic carbocycles. The molecule has 1 aliphatic heterocycles. The summed E-state index contributed by atoms with van der Waals surface area (Å²) in [5, 5.41) is 0. The summed E-state index contributed by atoms with van der Waals surface area (Å²) < 4.78 is 60.2. The van der Waals surface area contributed by atoms with Crippen molar-refractivity contribution in [3.63, 3.8) is 0 Å². The monoisotopic (exact) mass is 307 g/mol. The normalized spacial score (nSPS) is 19.6. The van der Waals surface area contributed by atoms with Gasteiger partial charge in [0.1, 0.15) is 11.6 Å². The molecule has 1 unspecified atom stereocenters. The van der Waals surface area contributed by atoms with E-state index in [2.05, 4.69) is 0 Å². The number of nitrogens with zero attached hydrogens (tertiary/aromatic N) is 1. The van der Waals surface area contributed by atoms with Crippen LogP contribution in [-0.4, -0.2) is 31.5 Å². The molecule has 1 heterocycles. The Kier molecular flexibility index (Phi) is 4.03. The molecule has 110 valence electrons. The molecule has 1 saturated heterocycles. The van der Waals surface area contributed by atoms with E-state index in [1.165, 1.54) is 4.90 Å². The minimum atomic E-state index is -4.66. The predicted molar refractivity (Wildman–Crippen MR) is 64.8 cm³/mol. The van der Waals surface area contributed by atoms with E-state index in [1.807, 2.05) is 0 Å². The maximum absolute atomic E-state index is 13.5. The van der Waals surface area contributed by atoms with Crippen molar-refractivity contribution >= 4 is 16.1 Å². The van der Waals surface area contributed by atoms with E-state index in [1.54, 1.807) is 0 Å². The minimum Gasteiger partial charge on any atom is -0.338 e. The van der Waals surface area contributed by atoms with Crippen molar-refractivity contribution in [2.75, 3.05) is 12.3 Å². The van der Waals surface area contributed by atoms with E-state index in [0.29, 0.717) is 0 Å². The molecule has 1 atom stereocenters. The number of carbonyl (C=O) groups excluding carboxylic acids is 1. The highest BCUT2D eigenvalue weighted by atomic mass is 32.3. The molecule has 1 fully saturated rings. The summed E-state index contributed by atoms with van der Waals surface area (Å²) in [6.07, 6.45) is -0.111. The van der Waals surface area contributed by atoms with Gasteiger partial charge in [0.2, 0.25) is 5.91 Å². The van der Waals surface area contributed by atoms with Crippen LogP contribution >= 0.6 is 0 Å². The number of hydrogen-bond acceptors (Lipinski definition) is 3. The maximum Gasteiger partial charge on any atom is 0.302 e. The van der Waals surface area contributed by atoms with Gasteiger partial charge >= 0.3 is 10.2 Å². The van der Waals surface area contributed by atoms with Gasteiger partial charge in [-0.05, 0) is 18.2 Å². The number of amides is 1. The molecule has 0 bridgehead atoms. The minimum absolute atomic E-state index is 0.00195. The van der Waals surface area contributed by atoms with Crippen LogP contribution in [-0.2, 0) is 21.6 Å². The van der Waals surface area contributed by atoms with Crippen molar-refractivity contribution in [1.29, 1.82) is 0 Å². The lowest BCUT2D eigenvalue weighted by molar-refractivity contribution is -0.128. The predicted octanol–water partition coefficient (Wildman–Crippen LogP) is 1.61. The summed E-state index contributed by atoms with van der Waals surface area (Å²) in [5.74, 6) is -3.07. The fourth-order valence-electron chi connectivity index (χ4n) is 2.27. The third-order valence-corrected chi connectivity index (χ3v) is 3.97. The standard InChI is InChI=1S/C12H12F3NO3S/c13-10-1-2-11(14)9(4-10)6-16-5-8(3-12(16)17)7-20(15,18)19/h1-2,4,8H,3,5-7H2. The zero-order valence-electron chi connectivity index (χ0n) is 10.4. The molecular weight excluding hydrogens is 295 g/mol. The Morgan fingerprint density at radius 2 is 2.00 bits per heavy atom. The van der Waals surface area contributed by atoms with Crippen molar-refractivity contribution in [1.82, 2.24) is 4.90 Å². The van der Waals surface area contributed by atoms with Crippen LogP contribution in [0.15, 0.2) is 18.2 Å². The number of likely N-dealkylation sites (tertiary alicyclic amines) is 1. The third kappa shape index (κ3) is 3.72. The molecule has 1 amide bonds. The van der Waals surface area contributed by atoms with E-state index in [9.17, 15) is 25.9 Å². The van der Waals surface area contributed by atoms with Gasteiger partial charge in [-0.1, -0.05) is 0 Å². The average molecular weight is 307 g/mol. The number of rotatable bonds is 4. The first-order valence-electron chi connectivity index (χ1n) is 5.88. The van der Waals surface area contributed by atoms with Gasteiger partial charge in [0, 0.05) is 31.0 Å². The molecule has 1 aliphatic rings. The van der Waals surface area contributed by atoms with Crippen LogP contribution in [0.4, 0.5) is 12.7 Å². The van der Waals surface area contributed by atoms with E-state index in [4.69, 9.17) is 0 Å². The van der Waals surface area contributed by atoms with Crippen LogP contribution < -0.4 is 0 Å². The van der Waals surface area contributed by atoms with Crippen molar-refractivity contribution in [2.45, 2.75) is 13.0 Å². The van der Waals surface area contributed by atoms with Gasteiger partial charge in [-0.15, -0.1) is 3.89 Å². The smallest absolute Gasteiger partial charge is 0.302 e. The lowest BCUT2D eigenvalue weighted by atomic mass is 10.1. The molecule has 0 N–H and O–H groups in total. The number of hydrogen-bond donors (Lipinski definition) is 0. The van der Waals surface area contributed by atoms with Crippen LogP contribution in [0, 0.1) is 17.6 Å². The van der Waals surface area contributed by atoms with Crippen LogP contribution in [0.2, 0.25) is 0 Å². The molecule has 0 saturated carbocycles. The molecular formula is C12H12F3NO3S. The van der Waals surface area contributed by atoms with Crippen molar-refractivity contribution < 1.29 is 25.9 Å². The molecule has 0 aromatic heterocycles. The highest BCUT2D eigenvalue weighted by molar-refractivity contribution is 7.86. The van der Waals surface area contributed by atoms with Gasteiger partial charge in [0.05, 0.1) is 5.75 Å². The number of carbonyl (C=O) groups is 1. The van der Waals surface area contributed by atoms with E-state index < -0.39 is 39.4 Å². The van der Waals surface area contributed by atoms with E-state index >= 15 is 0 Å². The fourth-order valence-corrected chi connectivity index (χ4v) is 3.06. The molecule has 0 spiro atoms. The second kappa shape index (κ2) is 5.43. The quantitative estimate of drug-likeness (QED) is 0.794. The Balaban J connectivity index is 2.07. The summed E-state index contributed by atoms with van der Waals surface area (Å²) in [7, 11) is -4.66. The summed E-state index contributed by atoms with van der Waals surface area (Å²) in [6.45, 7) is -0.150. The lowest BCUT2D eigenvalue weighted by Crippen LogP contribution is -2.26. The summed E-state index contributed by atoms with van der Waals surface area (Å²) in [5.41, 5.74) is 0.00195. The summed E-state index contributed by atoms with van der Waals surface area (Å²) in [6, 6.07) is 2.89. The Hall–Kier alpha value is -1.57. The van der Waals surface area contributed by atoms with Crippen molar-refractivity contribution in [3.05, 3.63) is 35.4 Å². The number of benzene rings is 1. The SMILES string of the molecule is O=C1CC(CS(=O)(=O)F)CN1Cc1cc(F)ccc1F. The highest BCUT2D eigenvalue weighted by Gasteiger charge is 2.33. The van der Waals surface area contributed by atoms with Crippen LogP contribution in [0.25, 0.3) is 0 Å². The van der Waals surface area contributed by atoms with Gasteiger partial charge in [-0.25, -0.2) is 8.78 Å². The second-order valence-corrected chi connectivity index (χ2v) is 6.20. The molecule has 1 aromatic rings. The third-order valence-electron chi connectivity index (χ3n) is 3.10. The van der Waals surface area contributed by atoms with Crippen molar-refractivity contribution in [3.8, 4) is 0 Å². The highest BCUT2D eigenvalue weighted by Crippen LogP contribution is 2.23. The van der Waals surface area contributed by atoms with Gasteiger partial charge in [-0.3, -0.25) is 4.79 Å². The van der Waals surface area contributed by atoms with Crippen molar-refractivity contribution in [2.24, 2.45) is 5.92 Å². The molecule has 8 heteroatoms. The van der Waals surface area contributed by atoms with Gasteiger partial charge in [0.15, 0.2) is 0 Å².